The van der Waals surface area contributed by atoms with E-state index in [9.17, 15) is 18.0 Å². The van der Waals surface area contributed by atoms with E-state index in [0.29, 0.717) is 6.42 Å². The third-order valence-electron chi connectivity index (χ3n) is 3.91. The Balaban J connectivity index is 2.16. The molecular formula is C15H19NO5S. The number of benzene rings is 1. The Bertz CT molecular complexity index is 656. The Kier molecular flexibility index (Phi) is 4.85. The molecule has 0 unspecified atom stereocenters. The Morgan fingerprint density at radius 3 is 2.45 bits per heavy atom. The van der Waals surface area contributed by atoms with E-state index in [-0.39, 0.29) is 19.5 Å². The van der Waals surface area contributed by atoms with E-state index in [0.717, 1.165) is 11.8 Å². The van der Waals surface area contributed by atoms with Crippen LogP contribution in [0.1, 0.15) is 12.0 Å². The molecule has 120 valence electrons. The number of carboxylic acids is 1. The number of nitrogens with zero attached hydrogens (tertiary/aromatic N) is 1. The first-order valence-corrected chi connectivity index (χ1v) is 8.99. The molecule has 0 aliphatic carbocycles. The van der Waals surface area contributed by atoms with Gasteiger partial charge in [0.2, 0.25) is 5.91 Å². The van der Waals surface area contributed by atoms with Gasteiger partial charge in [0.1, 0.15) is 5.25 Å². The highest BCUT2D eigenvalue weighted by Crippen LogP contribution is 2.20. The molecule has 2 rings (SSSR count). The summed E-state index contributed by atoms with van der Waals surface area (Å²) in [5.74, 6) is -2.06. The first-order chi connectivity index (χ1) is 10.3. The van der Waals surface area contributed by atoms with Crippen LogP contribution in [0.2, 0.25) is 0 Å². The van der Waals surface area contributed by atoms with E-state index >= 15 is 0 Å². The zero-order valence-electron chi connectivity index (χ0n) is 12.3. The van der Waals surface area contributed by atoms with Crippen LogP contribution < -0.4 is 0 Å². The highest BCUT2D eigenvalue weighted by atomic mass is 32.2. The molecule has 1 N–H and O–H groups in total. The second kappa shape index (κ2) is 6.48. The third kappa shape index (κ3) is 3.85. The topological polar surface area (TPSA) is 91.8 Å². The zero-order valence-corrected chi connectivity index (χ0v) is 13.1. The number of aliphatic carboxylic acids is 1. The Hall–Kier alpha value is -1.89. The number of amides is 1. The monoisotopic (exact) mass is 325 g/mol. The molecule has 1 aliphatic heterocycles. The van der Waals surface area contributed by atoms with Gasteiger partial charge in [-0.05, 0) is 18.4 Å². The van der Waals surface area contributed by atoms with Crippen LogP contribution in [0.4, 0.5) is 0 Å². The fourth-order valence-electron chi connectivity index (χ4n) is 2.62. The van der Waals surface area contributed by atoms with Crippen molar-refractivity contribution in [3.05, 3.63) is 35.9 Å². The fraction of sp³-hybridized carbons (Fsp3) is 0.467. The van der Waals surface area contributed by atoms with E-state index in [1.54, 1.807) is 24.3 Å². The molecule has 1 amide bonds. The Labute approximate surface area is 129 Å². The van der Waals surface area contributed by atoms with Crippen molar-refractivity contribution < 1.29 is 23.1 Å². The molecule has 0 spiro atoms. The van der Waals surface area contributed by atoms with Crippen molar-refractivity contribution >= 4 is 21.7 Å². The number of carboxylic acid groups (broad SMARTS) is 1. The summed E-state index contributed by atoms with van der Waals surface area (Å²) in [6.45, 7) is 0.367. The lowest BCUT2D eigenvalue weighted by atomic mass is 10.1. The van der Waals surface area contributed by atoms with Gasteiger partial charge in [0, 0.05) is 19.3 Å². The summed E-state index contributed by atoms with van der Waals surface area (Å²) in [5, 5.41) is 7.83. The highest BCUT2D eigenvalue weighted by Gasteiger charge is 2.37. The van der Waals surface area contributed by atoms with Crippen molar-refractivity contribution in [1.82, 2.24) is 4.90 Å². The Morgan fingerprint density at radius 1 is 1.32 bits per heavy atom. The average Bonchev–Trinajstić information content (AvgIpc) is 2.94. The van der Waals surface area contributed by atoms with Gasteiger partial charge in [-0.3, -0.25) is 9.59 Å². The lowest BCUT2D eigenvalue weighted by Crippen LogP contribution is -2.43. The molecule has 1 fully saturated rings. The number of hydrogen-bond donors (Lipinski definition) is 1. The van der Waals surface area contributed by atoms with Crippen molar-refractivity contribution in [1.29, 1.82) is 0 Å². The molecule has 1 heterocycles. The maximum absolute atomic E-state index is 12.5. The van der Waals surface area contributed by atoms with Gasteiger partial charge in [-0.15, -0.1) is 0 Å². The summed E-state index contributed by atoms with van der Waals surface area (Å²) < 4.78 is 24.0. The number of carbonyl (C=O) groups is 2. The minimum Gasteiger partial charge on any atom is -0.481 e. The van der Waals surface area contributed by atoms with Gasteiger partial charge in [-0.1, -0.05) is 30.3 Å². The van der Waals surface area contributed by atoms with Crippen LogP contribution in [-0.4, -0.2) is 54.9 Å². The molecule has 2 atom stereocenters. The molecule has 0 radical (unpaired) electrons. The van der Waals surface area contributed by atoms with Crippen LogP contribution in [-0.2, 0) is 25.8 Å². The molecule has 1 aromatic carbocycles. The molecule has 22 heavy (non-hydrogen) atoms. The Morgan fingerprint density at radius 2 is 1.95 bits per heavy atom. The summed E-state index contributed by atoms with van der Waals surface area (Å²) in [6.07, 6.45) is 1.51. The van der Waals surface area contributed by atoms with E-state index in [1.165, 1.54) is 4.90 Å². The van der Waals surface area contributed by atoms with Gasteiger partial charge in [-0.2, -0.15) is 0 Å². The summed E-state index contributed by atoms with van der Waals surface area (Å²) in [5.41, 5.74) is 0.764. The van der Waals surface area contributed by atoms with Crippen LogP contribution >= 0.6 is 0 Å². The van der Waals surface area contributed by atoms with E-state index in [1.807, 2.05) is 6.07 Å². The van der Waals surface area contributed by atoms with E-state index in [2.05, 4.69) is 0 Å². The number of carbonyl (C=O) groups excluding carboxylic acids is 1. The van der Waals surface area contributed by atoms with E-state index < -0.39 is 32.9 Å². The number of hydrogen-bond acceptors (Lipinski definition) is 4. The molecular weight excluding hydrogens is 306 g/mol. The second-order valence-electron chi connectivity index (χ2n) is 5.62. The smallest absolute Gasteiger partial charge is 0.308 e. The molecule has 7 heteroatoms. The largest absolute Gasteiger partial charge is 0.481 e. The van der Waals surface area contributed by atoms with Crippen molar-refractivity contribution in [2.75, 3.05) is 19.3 Å². The minimum absolute atomic E-state index is 0.0783. The van der Waals surface area contributed by atoms with Gasteiger partial charge in [0.15, 0.2) is 9.84 Å². The van der Waals surface area contributed by atoms with Gasteiger partial charge < -0.3 is 10.0 Å². The maximum Gasteiger partial charge on any atom is 0.308 e. The number of rotatable bonds is 5. The van der Waals surface area contributed by atoms with Crippen LogP contribution in [0.3, 0.4) is 0 Å². The van der Waals surface area contributed by atoms with Crippen molar-refractivity contribution in [2.45, 2.75) is 18.1 Å². The van der Waals surface area contributed by atoms with Crippen LogP contribution in [0.5, 0.6) is 0 Å². The highest BCUT2D eigenvalue weighted by molar-refractivity contribution is 7.92. The molecule has 1 saturated heterocycles. The van der Waals surface area contributed by atoms with Gasteiger partial charge >= 0.3 is 5.97 Å². The second-order valence-corrected chi connectivity index (χ2v) is 7.84. The summed E-state index contributed by atoms with van der Waals surface area (Å²) in [7, 11) is -3.58. The predicted octanol–water partition coefficient (Wildman–Crippen LogP) is 0.575. The van der Waals surface area contributed by atoms with Crippen molar-refractivity contribution in [2.24, 2.45) is 5.92 Å². The molecule has 6 nitrogen and oxygen atoms in total. The summed E-state index contributed by atoms with van der Waals surface area (Å²) >= 11 is 0. The van der Waals surface area contributed by atoms with E-state index in [4.69, 9.17) is 5.11 Å². The van der Waals surface area contributed by atoms with Gasteiger partial charge in [-0.25, -0.2) is 8.42 Å². The van der Waals surface area contributed by atoms with Crippen molar-refractivity contribution in [3.8, 4) is 0 Å². The standard InChI is InChI=1S/C15H19NO5S/c1-22(20,21)13(9-11-5-3-2-4-6-11)14(17)16-8-7-12(10-16)15(18)19/h2-6,12-13H,7-10H2,1H3,(H,18,19)/t12-,13+/m1/s1. The van der Waals surface area contributed by atoms with Gasteiger partial charge in [0.05, 0.1) is 5.92 Å². The zero-order chi connectivity index (χ0) is 16.3. The lowest BCUT2D eigenvalue weighted by molar-refractivity contribution is -0.141. The van der Waals surface area contributed by atoms with Crippen LogP contribution in [0.15, 0.2) is 30.3 Å². The van der Waals surface area contributed by atoms with Crippen LogP contribution in [0.25, 0.3) is 0 Å². The molecule has 0 bridgehead atoms. The fourth-order valence-corrected chi connectivity index (χ4v) is 3.63. The minimum atomic E-state index is -3.58. The molecule has 1 aliphatic rings. The normalized spacial score (nSPS) is 19.9. The lowest BCUT2D eigenvalue weighted by Gasteiger charge is -2.22. The maximum atomic E-state index is 12.5. The first kappa shape index (κ1) is 16.5. The number of likely N-dealkylation sites (tertiary alicyclic amines) is 1. The quantitative estimate of drug-likeness (QED) is 0.855. The molecule has 1 aromatic rings. The first-order valence-electron chi connectivity index (χ1n) is 7.03. The SMILES string of the molecule is CS(=O)(=O)[C@@H](Cc1ccccc1)C(=O)N1CC[C@@H](C(=O)O)C1. The molecule has 0 saturated carbocycles. The number of sulfone groups is 1. The van der Waals surface area contributed by atoms with Gasteiger partial charge in [0.25, 0.3) is 0 Å². The summed E-state index contributed by atoms with van der Waals surface area (Å²) in [6, 6.07) is 8.94. The third-order valence-corrected chi connectivity index (χ3v) is 5.31. The molecule has 0 aromatic heterocycles. The average molecular weight is 325 g/mol. The van der Waals surface area contributed by atoms with Crippen molar-refractivity contribution in [3.63, 3.8) is 0 Å². The predicted molar refractivity (Wildman–Crippen MR) is 81.1 cm³/mol. The summed E-state index contributed by atoms with van der Waals surface area (Å²) in [4.78, 5) is 24.8. The van der Waals surface area contributed by atoms with Crippen LogP contribution in [0, 0.1) is 5.92 Å².